The molecule has 0 aromatic carbocycles. The van der Waals surface area contributed by atoms with Crippen LogP contribution < -0.4 is 5.32 Å². The Morgan fingerprint density at radius 1 is 0.443 bits per heavy atom. The minimum atomic E-state index is -4.45. The van der Waals surface area contributed by atoms with Crippen LogP contribution in [-0.4, -0.2) is 74.3 Å². The Kier molecular flexibility index (Phi) is 57.2. The Morgan fingerprint density at radius 3 is 1.18 bits per heavy atom. The van der Waals surface area contributed by atoms with Gasteiger partial charge in [0.1, 0.15) is 19.3 Å². The van der Waals surface area contributed by atoms with Gasteiger partial charge in [0.15, 0.2) is 0 Å². The lowest BCUT2D eigenvalue weighted by molar-refractivity contribution is -0.870. The number of ether oxygens (including phenoxy) is 1. The Hall–Kier alpha value is -2.29. The highest BCUT2D eigenvalue weighted by atomic mass is 31.2. The smallest absolute Gasteiger partial charge is 0.456 e. The largest absolute Gasteiger partial charge is 0.472 e. The van der Waals surface area contributed by atoms with Gasteiger partial charge in [0, 0.05) is 12.8 Å². The summed E-state index contributed by atoms with van der Waals surface area (Å²) in [6.07, 6.45) is 75.0. The van der Waals surface area contributed by atoms with Gasteiger partial charge in [-0.2, -0.15) is 0 Å². The first-order valence-corrected chi connectivity index (χ1v) is 35.1. The predicted molar refractivity (Wildman–Crippen MR) is 342 cm³/mol. The third-order valence-corrected chi connectivity index (χ3v) is 15.9. The minimum absolute atomic E-state index is 0.0380. The molecule has 462 valence electrons. The fourth-order valence-corrected chi connectivity index (χ4v) is 10.5. The van der Waals surface area contributed by atoms with E-state index in [1.807, 2.05) is 33.3 Å². The fraction of sp³-hybridized carbons (Fsp3) is 0.826. The van der Waals surface area contributed by atoms with Gasteiger partial charge in [-0.3, -0.25) is 18.6 Å². The van der Waals surface area contributed by atoms with Gasteiger partial charge in [0.25, 0.3) is 0 Å². The number of esters is 1. The van der Waals surface area contributed by atoms with Crippen molar-refractivity contribution < 1.29 is 37.3 Å². The molecule has 3 unspecified atom stereocenters. The molecule has 0 saturated heterocycles. The number of phosphoric acid groups is 1. The number of hydrogen-bond acceptors (Lipinski definition) is 6. The molecule has 9 nitrogen and oxygen atoms in total. The number of rotatable bonds is 61. The highest BCUT2D eigenvalue weighted by Crippen LogP contribution is 2.43. The molecule has 0 aliphatic heterocycles. The quantitative estimate of drug-likeness (QED) is 0.0205. The van der Waals surface area contributed by atoms with Crippen molar-refractivity contribution in [1.82, 2.24) is 5.32 Å². The maximum absolute atomic E-state index is 13.6. The van der Waals surface area contributed by atoms with Crippen molar-refractivity contribution in [3.05, 3.63) is 60.8 Å². The van der Waals surface area contributed by atoms with Crippen LogP contribution in [0.1, 0.15) is 316 Å². The van der Waals surface area contributed by atoms with Crippen LogP contribution in [0.2, 0.25) is 0 Å². The van der Waals surface area contributed by atoms with E-state index >= 15 is 0 Å². The number of phosphoric ester groups is 1. The van der Waals surface area contributed by atoms with Crippen LogP contribution in [0.5, 0.6) is 0 Å². The molecule has 0 aromatic rings. The van der Waals surface area contributed by atoms with Crippen molar-refractivity contribution in [3.63, 3.8) is 0 Å². The van der Waals surface area contributed by atoms with E-state index in [9.17, 15) is 19.0 Å². The van der Waals surface area contributed by atoms with Gasteiger partial charge in [0.05, 0.1) is 33.8 Å². The number of nitrogens with one attached hydrogen (secondary N) is 1. The van der Waals surface area contributed by atoms with E-state index in [1.54, 1.807) is 0 Å². The molecule has 0 saturated carbocycles. The monoisotopic (exact) mass is 1130 g/mol. The third-order valence-electron chi connectivity index (χ3n) is 15.0. The number of amides is 1. The summed E-state index contributed by atoms with van der Waals surface area (Å²) in [6, 6.07) is -0.854. The standard InChI is InChI=1S/C69H129N2O7P/c1-7-10-13-16-19-22-25-28-30-32-33-34-35-36-37-39-40-43-46-49-52-55-58-61-68(72)70-66(65-77-79(74,75)76-64-63-71(4,5)6)67(60-57-54-51-48-45-42-27-24-21-18-15-12-9-3)78-69(73)62-59-56-53-50-47-44-41-38-31-29-26-23-20-17-14-11-8-2/h19,22,28,30,33-34,36-37,57,60,66-67H,7-18,20-21,23-27,29,31-32,35,38-56,58-59,61-65H2,1-6H3,(H-,70,72,74,75)/p+1/b22-19-,30-28-,34-33-,37-36-,60-57-. The minimum Gasteiger partial charge on any atom is -0.456 e. The first-order valence-electron chi connectivity index (χ1n) is 33.6. The Morgan fingerprint density at radius 2 is 0.772 bits per heavy atom. The summed E-state index contributed by atoms with van der Waals surface area (Å²) in [6.45, 7) is 7.01. The number of unbranched alkanes of at least 4 members (excludes halogenated alkanes) is 37. The van der Waals surface area contributed by atoms with Crippen molar-refractivity contribution in [2.75, 3.05) is 40.9 Å². The van der Waals surface area contributed by atoms with Gasteiger partial charge < -0.3 is 19.4 Å². The van der Waals surface area contributed by atoms with E-state index < -0.39 is 20.0 Å². The molecule has 0 rings (SSSR count). The molecular weight excluding hydrogens is 1000 g/mol. The van der Waals surface area contributed by atoms with Crippen LogP contribution in [0, 0.1) is 0 Å². The molecule has 0 aliphatic carbocycles. The molecule has 0 spiro atoms. The first kappa shape index (κ1) is 76.7. The van der Waals surface area contributed by atoms with Gasteiger partial charge in [-0.25, -0.2) is 4.57 Å². The van der Waals surface area contributed by atoms with Crippen LogP contribution >= 0.6 is 7.82 Å². The van der Waals surface area contributed by atoms with Gasteiger partial charge in [0.2, 0.25) is 5.91 Å². The summed E-state index contributed by atoms with van der Waals surface area (Å²) in [7, 11) is 1.49. The van der Waals surface area contributed by atoms with E-state index in [-0.39, 0.29) is 25.1 Å². The van der Waals surface area contributed by atoms with E-state index in [0.29, 0.717) is 23.9 Å². The average molecular weight is 1130 g/mol. The Bertz CT molecular complexity index is 1540. The number of hydrogen-bond donors (Lipinski definition) is 2. The van der Waals surface area contributed by atoms with Gasteiger partial charge in [-0.1, -0.05) is 287 Å². The molecule has 0 aromatic heterocycles. The van der Waals surface area contributed by atoms with E-state index in [2.05, 4.69) is 74.7 Å². The third kappa shape index (κ3) is 60.1. The lowest BCUT2D eigenvalue weighted by Gasteiger charge is -2.27. The number of carbonyl (C=O) groups excluding carboxylic acids is 2. The van der Waals surface area contributed by atoms with Crippen LogP contribution in [0.15, 0.2) is 60.8 Å². The molecule has 10 heteroatoms. The molecule has 0 fully saturated rings. The molecule has 0 radical (unpaired) electrons. The molecule has 79 heavy (non-hydrogen) atoms. The molecule has 1 amide bonds. The topological polar surface area (TPSA) is 111 Å². The second kappa shape index (κ2) is 58.9. The van der Waals surface area contributed by atoms with Crippen molar-refractivity contribution in [3.8, 4) is 0 Å². The van der Waals surface area contributed by atoms with Crippen LogP contribution in [0.4, 0.5) is 0 Å². The maximum Gasteiger partial charge on any atom is 0.472 e. The summed E-state index contributed by atoms with van der Waals surface area (Å²) >= 11 is 0. The molecular formula is C69H130N2O7P+. The SMILES string of the molecule is CCCCC/C=C\C/C=C\C/C=C\C/C=C\CCCCCCCCCC(=O)NC(COP(=O)(O)OCC[N+](C)(C)C)C(/C=C\CCCCCCCCCCCCC)OC(=O)CCCCCCCCCCCCCCCCCCC. The molecule has 0 heterocycles. The molecule has 0 aliphatic rings. The Balaban J connectivity index is 5.20. The van der Waals surface area contributed by atoms with Crippen molar-refractivity contribution in [2.45, 2.75) is 328 Å². The van der Waals surface area contributed by atoms with Crippen molar-refractivity contribution in [2.24, 2.45) is 0 Å². The summed E-state index contributed by atoms with van der Waals surface area (Å²) in [5.41, 5.74) is 0. The maximum atomic E-state index is 13.6. The zero-order valence-electron chi connectivity index (χ0n) is 52.9. The average Bonchev–Trinajstić information content (AvgIpc) is 3.41. The highest BCUT2D eigenvalue weighted by Gasteiger charge is 2.30. The van der Waals surface area contributed by atoms with E-state index in [4.69, 9.17) is 13.8 Å². The number of carbonyl (C=O) groups is 2. The van der Waals surface area contributed by atoms with Crippen LogP contribution in [0.25, 0.3) is 0 Å². The van der Waals surface area contributed by atoms with Gasteiger partial charge >= 0.3 is 13.8 Å². The highest BCUT2D eigenvalue weighted by molar-refractivity contribution is 7.47. The summed E-state index contributed by atoms with van der Waals surface area (Å²) in [5.74, 6) is -0.505. The summed E-state index contributed by atoms with van der Waals surface area (Å²) < 4.78 is 30.8. The van der Waals surface area contributed by atoms with E-state index in [1.165, 1.54) is 193 Å². The van der Waals surface area contributed by atoms with Crippen LogP contribution in [0.3, 0.4) is 0 Å². The molecule has 0 bridgehead atoms. The van der Waals surface area contributed by atoms with Crippen molar-refractivity contribution in [1.29, 1.82) is 0 Å². The van der Waals surface area contributed by atoms with Gasteiger partial charge in [-0.15, -0.1) is 0 Å². The summed E-state index contributed by atoms with van der Waals surface area (Å²) in [4.78, 5) is 37.8. The lowest BCUT2D eigenvalue weighted by atomic mass is 10.0. The number of nitrogens with zero attached hydrogens (tertiary/aromatic N) is 1. The zero-order valence-corrected chi connectivity index (χ0v) is 53.8. The number of quaternary nitrogens is 1. The van der Waals surface area contributed by atoms with Crippen molar-refractivity contribution >= 4 is 19.7 Å². The number of allylic oxidation sites excluding steroid dienone is 9. The first-order chi connectivity index (χ1) is 38.4. The van der Waals surface area contributed by atoms with E-state index in [0.717, 1.165) is 89.9 Å². The zero-order chi connectivity index (χ0) is 57.9. The summed E-state index contributed by atoms with van der Waals surface area (Å²) in [5, 5.41) is 3.06. The normalized spacial score (nSPS) is 14.0. The van der Waals surface area contributed by atoms with Gasteiger partial charge in [-0.05, 0) is 76.7 Å². The predicted octanol–water partition coefficient (Wildman–Crippen LogP) is 21.0. The number of likely N-dealkylation sites (N-methyl/N-ethyl adjacent to an activating group) is 1. The second-order valence-corrected chi connectivity index (χ2v) is 25.5. The fourth-order valence-electron chi connectivity index (χ4n) is 9.75. The second-order valence-electron chi connectivity index (χ2n) is 24.0. The Labute approximate surface area is 490 Å². The lowest BCUT2D eigenvalue weighted by Crippen LogP contribution is -2.47. The molecule has 3 atom stereocenters. The van der Waals surface area contributed by atoms with Crippen LogP contribution in [-0.2, 0) is 27.9 Å². The molecule has 2 N–H and O–H groups in total.